The zero-order valence-corrected chi connectivity index (χ0v) is 22.4. The molecule has 178 valence electrons. The molecule has 0 heterocycles. The predicted octanol–water partition coefficient (Wildman–Crippen LogP) is 9.69. The monoisotopic (exact) mass is 550 g/mol. The summed E-state index contributed by atoms with van der Waals surface area (Å²) < 4.78 is 12.2. The van der Waals surface area contributed by atoms with Crippen LogP contribution in [0.25, 0.3) is 0 Å². The summed E-state index contributed by atoms with van der Waals surface area (Å²) in [6.07, 6.45) is 15.5. The van der Waals surface area contributed by atoms with Gasteiger partial charge in [-0.1, -0.05) is 125 Å². The molecule has 0 saturated heterocycles. The molecule has 0 aliphatic rings. The standard InChI is InChI=1S/C29H43IO2/c1-3-5-7-9-11-13-23-31-27-19-15-25(16-20-27)29(30)26-17-21-28(22-18-26)32-24-14-12-10-8-6-4-2/h15-22,29H,3-14,23-24H2,1-2H3. The van der Waals surface area contributed by atoms with Crippen molar-refractivity contribution in [3.05, 3.63) is 59.7 Å². The van der Waals surface area contributed by atoms with Crippen molar-refractivity contribution < 1.29 is 9.47 Å². The minimum Gasteiger partial charge on any atom is -0.494 e. The third kappa shape index (κ3) is 11.1. The van der Waals surface area contributed by atoms with Crippen LogP contribution in [0.15, 0.2) is 48.5 Å². The highest BCUT2D eigenvalue weighted by molar-refractivity contribution is 14.1. The third-order valence-corrected chi connectivity index (χ3v) is 7.32. The Morgan fingerprint density at radius 3 is 1.25 bits per heavy atom. The van der Waals surface area contributed by atoms with Crippen molar-refractivity contribution in [2.45, 2.75) is 94.8 Å². The first-order valence-electron chi connectivity index (χ1n) is 12.8. The quantitative estimate of drug-likeness (QED) is 0.105. The van der Waals surface area contributed by atoms with E-state index in [1.54, 1.807) is 0 Å². The Morgan fingerprint density at radius 2 is 0.875 bits per heavy atom. The Balaban J connectivity index is 1.69. The number of rotatable bonds is 18. The molecule has 0 radical (unpaired) electrons. The van der Waals surface area contributed by atoms with Crippen LogP contribution in [-0.4, -0.2) is 13.2 Å². The summed E-state index contributed by atoms with van der Waals surface area (Å²) in [5, 5.41) is 0. The summed E-state index contributed by atoms with van der Waals surface area (Å²) in [7, 11) is 0. The molecule has 2 aromatic rings. The van der Waals surface area contributed by atoms with Crippen LogP contribution in [0.5, 0.6) is 11.5 Å². The minimum absolute atomic E-state index is 0.327. The summed E-state index contributed by atoms with van der Waals surface area (Å²) in [4.78, 5) is 0. The van der Waals surface area contributed by atoms with Gasteiger partial charge in [0.2, 0.25) is 0 Å². The van der Waals surface area contributed by atoms with Crippen molar-refractivity contribution in [3.8, 4) is 11.5 Å². The molecule has 0 aromatic heterocycles. The highest BCUT2D eigenvalue weighted by Crippen LogP contribution is 2.33. The van der Waals surface area contributed by atoms with Crippen LogP contribution in [-0.2, 0) is 0 Å². The van der Waals surface area contributed by atoms with E-state index in [2.05, 4.69) is 85.0 Å². The normalized spacial score (nSPS) is 11.1. The molecule has 0 N–H and O–H groups in total. The van der Waals surface area contributed by atoms with Gasteiger partial charge in [-0.3, -0.25) is 0 Å². The fourth-order valence-corrected chi connectivity index (χ4v) is 4.63. The molecule has 0 unspecified atom stereocenters. The van der Waals surface area contributed by atoms with Crippen molar-refractivity contribution in [1.29, 1.82) is 0 Å². The van der Waals surface area contributed by atoms with E-state index in [1.807, 2.05) is 0 Å². The van der Waals surface area contributed by atoms with E-state index in [-0.39, 0.29) is 0 Å². The molecular formula is C29H43IO2. The maximum atomic E-state index is 5.92. The van der Waals surface area contributed by atoms with Gasteiger partial charge in [-0.25, -0.2) is 0 Å². The van der Waals surface area contributed by atoms with Crippen LogP contribution in [0.1, 0.15) is 106 Å². The lowest BCUT2D eigenvalue weighted by Crippen LogP contribution is -1.99. The SMILES string of the molecule is CCCCCCCCOc1ccc(C(I)c2ccc(OCCCCCCCC)cc2)cc1. The Bertz CT molecular complexity index is 635. The maximum absolute atomic E-state index is 5.92. The smallest absolute Gasteiger partial charge is 0.119 e. The lowest BCUT2D eigenvalue weighted by Gasteiger charge is -2.13. The molecule has 2 nitrogen and oxygen atoms in total. The van der Waals surface area contributed by atoms with Crippen molar-refractivity contribution in [1.82, 2.24) is 0 Å². The average molecular weight is 551 g/mol. The van der Waals surface area contributed by atoms with Crippen LogP contribution in [0.4, 0.5) is 0 Å². The van der Waals surface area contributed by atoms with Crippen molar-refractivity contribution in [3.63, 3.8) is 0 Å². The summed E-state index contributed by atoms with van der Waals surface area (Å²) in [5.41, 5.74) is 2.61. The van der Waals surface area contributed by atoms with E-state index in [4.69, 9.17) is 9.47 Å². The van der Waals surface area contributed by atoms with Gasteiger partial charge in [-0.2, -0.15) is 0 Å². The van der Waals surface area contributed by atoms with Gasteiger partial charge in [0.15, 0.2) is 0 Å². The average Bonchev–Trinajstić information content (AvgIpc) is 2.83. The molecule has 0 bridgehead atoms. The van der Waals surface area contributed by atoms with E-state index >= 15 is 0 Å². The van der Waals surface area contributed by atoms with Crippen molar-refractivity contribution in [2.24, 2.45) is 0 Å². The van der Waals surface area contributed by atoms with E-state index < -0.39 is 0 Å². The number of hydrogen-bond donors (Lipinski definition) is 0. The number of halogens is 1. The molecule has 3 heteroatoms. The van der Waals surface area contributed by atoms with Gasteiger partial charge in [-0.15, -0.1) is 0 Å². The van der Waals surface area contributed by atoms with E-state index in [0.717, 1.165) is 37.6 Å². The van der Waals surface area contributed by atoms with E-state index in [9.17, 15) is 0 Å². The number of hydrogen-bond acceptors (Lipinski definition) is 2. The highest BCUT2D eigenvalue weighted by atomic mass is 127. The molecule has 32 heavy (non-hydrogen) atoms. The molecule has 0 aliphatic carbocycles. The van der Waals surface area contributed by atoms with Gasteiger partial charge in [0.05, 0.1) is 17.1 Å². The van der Waals surface area contributed by atoms with Gasteiger partial charge in [0, 0.05) is 0 Å². The van der Waals surface area contributed by atoms with Crippen molar-refractivity contribution >= 4 is 22.6 Å². The van der Waals surface area contributed by atoms with Gasteiger partial charge < -0.3 is 9.47 Å². The zero-order valence-electron chi connectivity index (χ0n) is 20.3. The topological polar surface area (TPSA) is 18.5 Å². The second-order valence-electron chi connectivity index (χ2n) is 8.73. The Kier molecular flexibility index (Phi) is 14.6. The first kappa shape index (κ1) is 27.0. The van der Waals surface area contributed by atoms with Crippen LogP contribution in [0.2, 0.25) is 0 Å². The van der Waals surface area contributed by atoms with Crippen LogP contribution in [0.3, 0.4) is 0 Å². The summed E-state index contributed by atoms with van der Waals surface area (Å²) in [6.45, 7) is 6.15. The second kappa shape index (κ2) is 17.3. The molecule has 2 aromatic carbocycles. The van der Waals surface area contributed by atoms with Gasteiger partial charge in [-0.05, 0) is 48.2 Å². The molecule has 2 rings (SSSR count). The first-order valence-corrected chi connectivity index (χ1v) is 14.1. The summed E-state index contributed by atoms with van der Waals surface area (Å²) in [6, 6.07) is 17.2. The third-order valence-electron chi connectivity index (χ3n) is 5.88. The largest absolute Gasteiger partial charge is 0.494 e. The fraction of sp³-hybridized carbons (Fsp3) is 0.586. The summed E-state index contributed by atoms with van der Waals surface area (Å²) in [5.74, 6) is 1.95. The molecule has 0 atom stereocenters. The fourth-order valence-electron chi connectivity index (χ4n) is 3.80. The molecule has 0 saturated carbocycles. The molecule has 0 spiro atoms. The van der Waals surface area contributed by atoms with E-state index in [0.29, 0.717) is 3.92 Å². The van der Waals surface area contributed by atoms with Gasteiger partial charge in [0.25, 0.3) is 0 Å². The van der Waals surface area contributed by atoms with Crippen LogP contribution < -0.4 is 9.47 Å². The number of unbranched alkanes of at least 4 members (excludes halogenated alkanes) is 10. The lowest BCUT2D eigenvalue weighted by atomic mass is 10.0. The lowest BCUT2D eigenvalue weighted by molar-refractivity contribution is 0.304. The molecule has 0 amide bonds. The first-order chi connectivity index (χ1) is 15.7. The maximum Gasteiger partial charge on any atom is 0.119 e. The highest BCUT2D eigenvalue weighted by Gasteiger charge is 2.10. The molecule has 0 fully saturated rings. The number of alkyl halides is 1. The zero-order chi connectivity index (χ0) is 22.9. The number of ether oxygens (including phenoxy) is 2. The summed E-state index contributed by atoms with van der Waals surface area (Å²) >= 11 is 2.52. The van der Waals surface area contributed by atoms with Crippen LogP contribution >= 0.6 is 22.6 Å². The van der Waals surface area contributed by atoms with Gasteiger partial charge >= 0.3 is 0 Å². The van der Waals surface area contributed by atoms with E-state index in [1.165, 1.54) is 75.3 Å². The minimum atomic E-state index is 0.327. The second-order valence-corrected chi connectivity index (χ2v) is 9.98. The number of benzene rings is 2. The Morgan fingerprint density at radius 1 is 0.531 bits per heavy atom. The van der Waals surface area contributed by atoms with Crippen LogP contribution in [0, 0.1) is 0 Å². The Labute approximate surface area is 210 Å². The Hall–Kier alpha value is -1.23. The molecule has 0 aliphatic heterocycles. The predicted molar refractivity (Wildman–Crippen MR) is 146 cm³/mol. The van der Waals surface area contributed by atoms with Gasteiger partial charge in [0.1, 0.15) is 11.5 Å². The molecular weight excluding hydrogens is 507 g/mol. The van der Waals surface area contributed by atoms with Crippen molar-refractivity contribution in [2.75, 3.05) is 13.2 Å².